The third-order valence-corrected chi connectivity index (χ3v) is 3.66. The van der Waals surface area contributed by atoms with Crippen LogP contribution in [0.25, 0.3) is 0 Å². The molecule has 0 aliphatic heterocycles. The van der Waals surface area contributed by atoms with Gasteiger partial charge in [0.25, 0.3) is 0 Å². The Bertz CT molecular complexity index is 206. The molecule has 0 radical (unpaired) electrons. The molecule has 0 aromatic rings. The minimum Gasteiger partial charge on any atom is -0.388 e. The van der Waals surface area contributed by atoms with E-state index in [1.807, 2.05) is 0 Å². The van der Waals surface area contributed by atoms with E-state index in [0.29, 0.717) is 6.61 Å². The van der Waals surface area contributed by atoms with Gasteiger partial charge in [0.05, 0.1) is 5.60 Å². The first-order valence-corrected chi connectivity index (χ1v) is 5.87. The first-order valence-electron chi connectivity index (χ1n) is 5.87. The third kappa shape index (κ3) is 3.44. The van der Waals surface area contributed by atoms with E-state index in [9.17, 15) is 5.11 Å². The number of ether oxygens (including phenoxy) is 1. The van der Waals surface area contributed by atoms with Crippen molar-refractivity contribution >= 4 is 0 Å². The molecule has 1 fully saturated rings. The Balaban J connectivity index is 2.47. The van der Waals surface area contributed by atoms with Gasteiger partial charge >= 0.3 is 0 Å². The van der Waals surface area contributed by atoms with Crippen molar-refractivity contribution in [1.82, 2.24) is 0 Å². The first kappa shape index (κ1) is 12.9. The van der Waals surface area contributed by atoms with Crippen LogP contribution in [0.1, 0.15) is 46.0 Å². The van der Waals surface area contributed by atoms with Gasteiger partial charge < -0.3 is 15.6 Å². The van der Waals surface area contributed by atoms with Gasteiger partial charge in [-0.3, -0.25) is 0 Å². The Morgan fingerprint density at radius 2 is 2.07 bits per heavy atom. The number of rotatable bonds is 4. The molecule has 90 valence electrons. The second kappa shape index (κ2) is 4.81. The fourth-order valence-electron chi connectivity index (χ4n) is 2.46. The molecule has 2 atom stereocenters. The van der Waals surface area contributed by atoms with Gasteiger partial charge in [0.2, 0.25) is 0 Å². The number of nitrogens with two attached hydrogens (primary N) is 1. The number of hydrogen-bond donors (Lipinski definition) is 2. The van der Waals surface area contributed by atoms with Gasteiger partial charge in [0.1, 0.15) is 0 Å². The summed E-state index contributed by atoms with van der Waals surface area (Å²) in [6, 6.07) is -0.0851. The van der Waals surface area contributed by atoms with Gasteiger partial charge in [-0.1, -0.05) is 13.8 Å². The molecule has 0 amide bonds. The Hall–Kier alpha value is -0.120. The van der Waals surface area contributed by atoms with Crippen molar-refractivity contribution in [3.05, 3.63) is 0 Å². The monoisotopic (exact) mass is 215 g/mol. The van der Waals surface area contributed by atoms with E-state index in [-0.39, 0.29) is 11.5 Å². The SMILES string of the molecule is COCCCC1(O)CCC(C)(C)CC1N. The normalized spacial score (nSPS) is 35.4. The van der Waals surface area contributed by atoms with E-state index in [0.717, 1.165) is 32.1 Å². The van der Waals surface area contributed by atoms with Crippen LogP contribution in [0.4, 0.5) is 0 Å². The zero-order chi connectivity index (χ0) is 11.5. The van der Waals surface area contributed by atoms with Crippen molar-refractivity contribution in [2.75, 3.05) is 13.7 Å². The van der Waals surface area contributed by atoms with Crippen LogP contribution in [0.5, 0.6) is 0 Å². The van der Waals surface area contributed by atoms with Crippen LogP contribution in [-0.4, -0.2) is 30.5 Å². The average molecular weight is 215 g/mol. The zero-order valence-electron chi connectivity index (χ0n) is 10.3. The number of hydrogen-bond acceptors (Lipinski definition) is 3. The highest BCUT2D eigenvalue weighted by Crippen LogP contribution is 2.41. The Morgan fingerprint density at radius 1 is 1.40 bits per heavy atom. The molecule has 2 unspecified atom stereocenters. The molecule has 1 saturated carbocycles. The summed E-state index contributed by atoms with van der Waals surface area (Å²) in [5, 5.41) is 10.4. The highest BCUT2D eigenvalue weighted by molar-refractivity contribution is 4.97. The van der Waals surface area contributed by atoms with Gasteiger partial charge in [-0.05, 0) is 37.5 Å². The van der Waals surface area contributed by atoms with Crippen LogP contribution >= 0.6 is 0 Å². The average Bonchev–Trinajstić information content (AvgIpc) is 2.13. The van der Waals surface area contributed by atoms with Gasteiger partial charge in [-0.15, -0.1) is 0 Å². The summed E-state index contributed by atoms with van der Waals surface area (Å²) in [5.74, 6) is 0. The summed E-state index contributed by atoms with van der Waals surface area (Å²) in [5.41, 5.74) is 5.71. The van der Waals surface area contributed by atoms with E-state index in [1.54, 1.807) is 7.11 Å². The molecule has 0 spiro atoms. The fraction of sp³-hybridized carbons (Fsp3) is 1.00. The molecular weight excluding hydrogens is 190 g/mol. The lowest BCUT2D eigenvalue weighted by Gasteiger charge is -2.45. The molecule has 1 rings (SSSR count). The van der Waals surface area contributed by atoms with E-state index >= 15 is 0 Å². The van der Waals surface area contributed by atoms with Crippen LogP contribution < -0.4 is 5.73 Å². The molecule has 3 N–H and O–H groups in total. The van der Waals surface area contributed by atoms with Crippen molar-refractivity contribution in [3.8, 4) is 0 Å². The summed E-state index contributed by atoms with van der Waals surface area (Å²) >= 11 is 0. The lowest BCUT2D eigenvalue weighted by molar-refractivity contribution is -0.0539. The van der Waals surface area contributed by atoms with E-state index in [2.05, 4.69) is 13.8 Å². The van der Waals surface area contributed by atoms with Crippen LogP contribution in [0.2, 0.25) is 0 Å². The second-order valence-corrected chi connectivity index (χ2v) is 5.67. The second-order valence-electron chi connectivity index (χ2n) is 5.67. The number of methoxy groups -OCH3 is 1. The quantitative estimate of drug-likeness (QED) is 0.702. The molecule has 0 heterocycles. The number of aliphatic hydroxyl groups is 1. The van der Waals surface area contributed by atoms with Crippen LogP contribution in [-0.2, 0) is 4.74 Å². The van der Waals surface area contributed by atoms with Crippen LogP contribution in [0.3, 0.4) is 0 Å². The summed E-state index contributed by atoms with van der Waals surface area (Å²) in [7, 11) is 1.69. The molecule has 1 aliphatic carbocycles. The molecule has 0 aromatic carbocycles. The van der Waals surface area contributed by atoms with Crippen LogP contribution in [0, 0.1) is 5.41 Å². The lowest BCUT2D eigenvalue weighted by atomic mass is 9.67. The van der Waals surface area contributed by atoms with Crippen molar-refractivity contribution in [3.63, 3.8) is 0 Å². The molecule has 0 saturated heterocycles. The van der Waals surface area contributed by atoms with Crippen LogP contribution in [0.15, 0.2) is 0 Å². The molecule has 3 heteroatoms. The van der Waals surface area contributed by atoms with Gasteiger partial charge in [-0.25, -0.2) is 0 Å². The maximum Gasteiger partial charge on any atom is 0.0799 e. The molecule has 15 heavy (non-hydrogen) atoms. The van der Waals surface area contributed by atoms with Gasteiger partial charge in [0.15, 0.2) is 0 Å². The van der Waals surface area contributed by atoms with Crippen molar-refractivity contribution in [1.29, 1.82) is 0 Å². The smallest absolute Gasteiger partial charge is 0.0799 e. The summed E-state index contributed by atoms with van der Waals surface area (Å²) in [6.45, 7) is 5.15. The topological polar surface area (TPSA) is 55.5 Å². The van der Waals surface area contributed by atoms with Crippen molar-refractivity contribution < 1.29 is 9.84 Å². The minimum atomic E-state index is -0.659. The van der Waals surface area contributed by atoms with Crippen molar-refractivity contribution in [2.24, 2.45) is 11.1 Å². The highest BCUT2D eigenvalue weighted by Gasteiger charge is 2.42. The zero-order valence-corrected chi connectivity index (χ0v) is 10.3. The van der Waals surface area contributed by atoms with E-state index in [1.165, 1.54) is 0 Å². The standard InChI is InChI=1S/C12H25NO2/c1-11(2)6-7-12(14,10(13)9-11)5-4-8-15-3/h10,14H,4-9,13H2,1-3H3. The maximum atomic E-state index is 10.4. The van der Waals surface area contributed by atoms with Gasteiger partial charge in [0, 0.05) is 19.8 Å². The lowest BCUT2D eigenvalue weighted by Crippen LogP contribution is -2.53. The van der Waals surface area contributed by atoms with Crippen molar-refractivity contribution in [2.45, 2.75) is 57.6 Å². The Labute approximate surface area is 93.0 Å². The third-order valence-electron chi connectivity index (χ3n) is 3.66. The predicted octanol–water partition coefficient (Wildman–Crippen LogP) is 1.68. The largest absolute Gasteiger partial charge is 0.388 e. The first-order chi connectivity index (χ1) is 6.90. The molecule has 1 aliphatic rings. The summed E-state index contributed by atoms with van der Waals surface area (Å²) in [4.78, 5) is 0. The minimum absolute atomic E-state index is 0.0851. The van der Waals surface area contributed by atoms with E-state index in [4.69, 9.17) is 10.5 Å². The molecule has 3 nitrogen and oxygen atoms in total. The Morgan fingerprint density at radius 3 is 2.60 bits per heavy atom. The summed E-state index contributed by atoms with van der Waals surface area (Å²) < 4.78 is 5.00. The molecule has 0 aromatic heterocycles. The van der Waals surface area contributed by atoms with E-state index < -0.39 is 5.60 Å². The summed E-state index contributed by atoms with van der Waals surface area (Å²) in [6.07, 6.45) is 4.45. The highest BCUT2D eigenvalue weighted by atomic mass is 16.5. The fourth-order valence-corrected chi connectivity index (χ4v) is 2.46. The molecular formula is C12H25NO2. The maximum absolute atomic E-state index is 10.4. The van der Waals surface area contributed by atoms with Gasteiger partial charge in [-0.2, -0.15) is 0 Å². The Kier molecular flexibility index (Phi) is 4.15. The molecule has 0 bridgehead atoms. The predicted molar refractivity (Wildman–Crippen MR) is 61.7 cm³/mol.